The molecule has 1 aromatic heterocycles. The first-order chi connectivity index (χ1) is 11.8. The summed E-state index contributed by atoms with van der Waals surface area (Å²) in [6.45, 7) is 3.07. The summed E-state index contributed by atoms with van der Waals surface area (Å²) in [6.07, 6.45) is 6.68. The molecule has 0 bridgehead atoms. The van der Waals surface area contributed by atoms with Gasteiger partial charge in [0.25, 0.3) is 0 Å². The molecule has 1 saturated heterocycles. The van der Waals surface area contributed by atoms with E-state index in [1.807, 2.05) is 36.7 Å². The third-order valence-electron chi connectivity index (χ3n) is 4.59. The Kier molecular flexibility index (Phi) is 6.12. The molecular formula is C19H24N2O2S. The summed E-state index contributed by atoms with van der Waals surface area (Å²) in [6, 6.07) is 11.8. The van der Waals surface area contributed by atoms with Crippen LogP contribution in [0.15, 0.2) is 53.7 Å². The van der Waals surface area contributed by atoms with Crippen LogP contribution in [0.4, 0.5) is 0 Å². The second-order valence-corrected chi connectivity index (χ2v) is 7.80. The molecule has 0 N–H and O–H groups in total. The standard InChI is InChI=1S/C19H24N2O2S/c1-23-18-4-2-3-5-19(18)24(22)17-9-14-21(15-10-17)13-8-16-6-11-20-12-7-16/h2-7,11-12,17H,8-10,13-15H2,1H3. The van der Waals surface area contributed by atoms with E-state index in [0.717, 1.165) is 49.5 Å². The lowest BCUT2D eigenvalue weighted by Gasteiger charge is -2.32. The average Bonchev–Trinajstić information content (AvgIpc) is 2.67. The van der Waals surface area contributed by atoms with Crippen LogP contribution in [0.25, 0.3) is 0 Å². The Morgan fingerprint density at radius 3 is 2.58 bits per heavy atom. The van der Waals surface area contributed by atoms with Gasteiger partial charge in [-0.25, -0.2) is 0 Å². The van der Waals surface area contributed by atoms with Gasteiger partial charge in [0.05, 0.1) is 7.11 Å². The Morgan fingerprint density at radius 1 is 1.17 bits per heavy atom. The van der Waals surface area contributed by atoms with E-state index in [-0.39, 0.29) is 5.25 Å². The molecule has 1 aliphatic heterocycles. The number of ether oxygens (including phenoxy) is 1. The summed E-state index contributed by atoms with van der Waals surface area (Å²) in [5.41, 5.74) is 1.32. The van der Waals surface area contributed by atoms with Crippen molar-refractivity contribution < 1.29 is 9.29 Å². The van der Waals surface area contributed by atoms with Gasteiger partial charge in [0.2, 0.25) is 0 Å². The molecule has 1 unspecified atom stereocenters. The summed E-state index contributed by atoms with van der Waals surface area (Å²) in [4.78, 5) is 7.35. The first-order valence-corrected chi connectivity index (χ1v) is 9.64. The number of pyridine rings is 1. The first kappa shape index (κ1) is 17.3. The predicted octanol–water partition coefficient (Wildman–Crippen LogP) is 2.90. The van der Waals surface area contributed by atoms with Crippen molar-refractivity contribution in [1.82, 2.24) is 9.88 Å². The highest BCUT2D eigenvalue weighted by Gasteiger charge is 2.31. The third kappa shape index (κ3) is 4.29. The zero-order chi connectivity index (χ0) is 16.8. The lowest BCUT2D eigenvalue weighted by atomic mass is 10.1. The van der Waals surface area contributed by atoms with Crippen molar-refractivity contribution in [2.75, 3.05) is 26.7 Å². The molecular weight excluding hydrogens is 320 g/mol. The van der Waals surface area contributed by atoms with Gasteiger partial charge in [-0.1, -0.05) is 12.1 Å². The van der Waals surface area contributed by atoms with Crippen LogP contribution in [0.2, 0.25) is 0 Å². The minimum Gasteiger partial charge on any atom is -0.611 e. The van der Waals surface area contributed by atoms with E-state index in [9.17, 15) is 4.55 Å². The molecule has 0 saturated carbocycles. The molecule has 0 aliphatic carbocycles. The molecule has 4 nitrogen and oxygen atoms in total. The summed E-state index contributed by atoms with van der Waals surface area (Å²) < 4.78 is 18.2. The van der Waals surface area contributed by atoms with Crippen molar-refractivity contribution in [3.05, 3.63) is 54.4 Å². The van der Waals surface area contributed by atoms with Crippen LogP contribution < -0.4 is 4.74 Å². The van der Waals surface area contributed by atoms with E-state index in [1.165, 1.54) is 5.56 Å². The molecule has 1 aliphatic rings. The van der Waals surface area contributed by atoms with Gasteiger partial charge in [0.1, 0.15) is 5.25 Å². The molecule has 3 rings (SSSR count). The molecule has 128 valence electrons. The molecule has 5 heteroatoms. The highest BCUT2D eigenvalue weighted by molar-refractivity contribution is 7.92. The molecule has 2 heterocycles. The highest BCUT2D eigenvalue weighted by atomic mass is 32.2. The molecule has 0 radical (unpaired) electrons. The van der Waals surface area contributed by atoms with E-state index < -0.39 is 11.2 Å². The minimum atomic E-state index is -0.996. The van der Waals surface area contributed by atoms with Crippen LogP contribution in [0.3, 0.4) is 0 Å². The van der Waals surface area contributed by atoms with Gasteiger partial charge in [0.15, 0.2) is 10.6 Å². The second kappa shape index (κ2) is 8.51. The van der Waals surface area contributed by atoms with E-state index in [2.05, 4.69) is 22.0 Å². The van der Waals surface area contributed by atoms with Crippen LogP contribution in [0.5, 0.6) is 5.75 Å². The van der Waals surface area contributed by atoms with E-state index in [0.29, 0.717) is 0 Å². The molecule has 1 aromatic carbocycles. The van der Waals surface area contributed by atoms with Crippen molar-refractivity contribution in [3.63, 3.8) is 0 Å². The molecule has 0 spiro atoms. The van der Waals surface area contributed by atoms with Crippen LogP contribution in [-0.2, 0) is 17.6 Å². The van der Waals surface area contributed by atoms with Gasteiger partial charge in [-0.3, -0.25) is 4.98 Å². The van der Waals surface area contributed by atoms with Crippen molar-refractivity contribution in [1.29, 1.82) is 0 Å². The number of likely N-dealkylation sites (tertiary alicyclic amines) is 1. The topological polar surface area (TPSA) is 48.4 Å². The number of aromatic nitrogens is 1. The lowest BCUT2D eigenvalue weighted by molar-refractivity contribution is 0.232. The van der Waals surface area contributed by atoms with Crippen LogP contribution >= 0.6 is 0 Å². The van der Waals surface area contributed by atoms with Gasteiger partial charge < -0.3 is 14.2 Å². The van der Waals surface area contributed by atoms with Crippen molar-refractivity contribution in [2.24, 2.45) is 0 Å². The third-order valence-corrected chi connectivity index (χ3v) is 6.44. The maximum atomic E-state index is 12.9. The number of piperidine rings is 1. The number of methoxy groups -OCH3 is 1. The van der Waals surface area contributed by atoms with Gasteiger partial charge in [-0.05, 0) is 47.4 Å². The molecule has 24 heavy (non-hydrogen) atoms. The molecule has 1 atom stereocenters. The molecule has 2 aromatic rings. The van der Waals surface area contributed by atoms with Crippen LogP contribution in [-0.4, -0.2) is 46.4 Å². The summed E-state index contributed by atoms with van der Waals surface area (Å²) >= 11 is -0.996. The number of benzene rings is 1. The van der Waals surface area contributed by atoms with Crippen molar-refractivity contribution in [2.45, 2.75) is 29.4 Å². The van der Waals surface area contributed by atoms with E-state index in [1.54, 1.807) is 7.11 Å². The molecule has 0 amide bonds. The van der Waals surface area contributed by atoms with Gasteiger partial charge in [0, 0.05) is 44.9 Å². The van der Waals surface area contributed by atoms with Crippen LogP contribution in [0, 0.1) is 0 Å². The second-order valence-electron chi connectivity index (χ2n) is 6.09. The summed E-state index contributed by atoms with van der Waals surface area (Å²) in [7, 11) is 1.64. The predicted molar refractivity (Wildman–Crippen MR) is 96.8 cm³/mol. The largest absolute Gasteiger partial charge is 0.611 e. The van der Waals surface area contributed by atoms with Crippen molar-refractivity contribution >= 4 is 11.2 Å². The smallest absolute Gasteiger partial charge is 0.194 e. The number of hydrogen-bond acceptors (Lipinski definition) is 4. The van der Waals surface area contributed by atoms with Gasteiger partial charge >= 0.3 is 0 Å². The minimum absolute atomic E-state index is 0.221. The zero-order valence-corrected chi connectivity index (χ0v) is 14.9. The monoisotopic (exact) mass is 344 g/mol. The Bertz CT molecular complexity index is 630. The highest BCUT2D eigenvalue weighted by Crippen LogP contribution is 2.30. The van der Waals surface area contributed by atoms with E-state index >= 15 is 0 Å². The Labute approximate surface area is 147 Å². The van der Waals surface area contributed by atoms with E-state index in [4.69, 9.17) is 4.74 Å². The fourth-order valence-electron chi connectivity index (χ4n) is 3.15. The fourth-order valence-corrected chi connectivity index (χ4v) is 4.71. The van der Waals surface area contributed by atoms with Crippen LogP contribution in [0.1, 0.15) is 18.4 Å². The van der Waals surface area contributed by atoms with Gasteiger partial charge in [-0.2, -0.15) is 0 Å². The summed E-state index contributed by atoms with van der Waals surface area (Å²) in [5.74, 6) is 0.732. The first-order valence-electron chi connectivity index (χ1n) is 8.43. The Hall–Kier alpha value is -1.56. The molecule has 1 fully saturated rings. The number of nitrogens with zero attached hydrogens (tertiary/aromatic N) is 2. The SMILES string of the molecule is COc1ccccc1[S+]([O-])C1CCN(CCc2ccncc2)CC1. The Morgan fingerprint density at radius 2 is 1.88 bits per heavy atom. The quantitative estimate of drug-likeness (QED) is 0.756. The maximum absolute atomic E-state index is 12.9. The summed E-state index contributed by atoms with van der Waals surface area (Å²) in [5, 5.41) is 0.221. The fraction of sp³-hybridized carbons (Fsp3) is 0.421. The van der Waals surface area contributed by atoms with Crippen molar-refractivity contribution in [3.8, 4) is 5.75 Å². The average molecular weight is 344 g/mol. The number of para-hydroxylation sites is 1. The Balaban J connectivity index is 1.51. The normalized spacial score (nSPS) is 17.6. The number of hydrogen-bond donors (Lipinski definition) is 0. The zero-order valence-electron chi connectivity index (χ0n) is 14.1. The maximum Gasteiger partial charge on any atom is 0.194 e. The number of rotatable bonds is 6. The lowest BCUT2D eigenvalue weighted by Crippen LogP contribution is -2.40. The van der Waals surface area contributed by atoms with Gasteiger partial charge in [-0.15, -0.1) is 0 Å².